The van der Waals surface area contributed by atoms with Gasteiger partial charge in [-0.2, -0.15) is 0 Å². The number of benzene rings is 2. The maximum absolute atomic E-state index is 13.5. The molecule has 34 heavy (non-hydrogen) atoms. The van der Waals surface area contributed by atoms with E-state index in [9.17, 15) is 14.0 Å². The highest BCUT2D eigenvalue weighted by Crippen LogP contribution is 2.46. The lowest BCUT2D eigenvalue weighted by Crippen LogP contribution is -2.36. The Bertz CT molecular complexity index is 1170. The van der Waals surface area contributed by atoms with E-state index in [0.717, 1.165) is 59.4 Å². The lowest BCUT2D eigenvalue weighted by atomic mass is 9.71. The summed E-state index contributed by atoms with van der Waals surface area (Å²) in [5.41, 5.74) is 4.93. The van der Waals surface area contributed by atoms with E-state index in [0.29, 0.717) is 30.9 Å². The molecule has 176 valence electrons. The molecule has 0 amide bonds. The molecular formula is C28H28FNO4. The second-order valence-electron chi connectivity index (χ2n) is 8.95. The van der Waals surface area contributed by atoms with Gasteiger partial charge >= 0.3 is 0 Å². The van der Waals surface area contributed by atoms with Gasteiger partial charge in [-0.05, 0) is 68.0 Å². The van der Waals surface area contributed by atoms with Crippen molar-refractivity contribution in [1.29, 1.82) is 0 Å². The van der Waals surface area contributed by atoms with E-state index in [1.54, 1.807) is 12.1 Å². The number of nitrogens with one attached hydrogen (secondary N) is 1. The Kier molecular flexibility index (Phi) is 6.22. The van der Waals surface area contributed by atoms with Crippen LogP contribution in [0.2, 0.25) is 0 Å². The third-order valence-electron chi connectivity index (χ3n) is 6.68. The fraction of sp³-hybridized carbons (Fsp3) is 0.357. The molecule has 2 aromatic rings. The minimum Gasteiger partial charge on any atom is -0.490 e. The molecule has 2 aromatic carbocycles. The highest BCUT2D eigenvalue weighted by Gasteiger charge is 2.40. The van der Waals surface area contributed by atoms with Crippen LogP contribution < -0.4 is 14.8 Å². The molecule has 1 heterocycles. The number of halogens is 1. The SMILES string of the molecule is CCOc1cc(C2C3=C(CCCC3=O)NC3=C2C(=O)CCC3)ccc1OCc1cccc(F)c1. The molecule has 0 atom stereocenters. The van der Waals surface area contributed by atoms with Crippen LogP contribution >= 0.6 is 0 Å². The van der Waals surface area contributed by atoms with Crippen LogP contribution in [0.15, 0.2) is 65.0 Å². The van der Waals surface area contributed by atoms with Crippen LogP contribution in [0, 0.1) is 5.82 Å². The predicted octanol–water partition coefficient (Wildman–Crippen LogP) is 5.50. The minimum atomic E-state index is -0.386. The van der Waals surface area contributed by atoms with Gasteiger partial charge in [0.25, 0.3) is 0 Å². The fourth-order valence-electron chi connectivity index (χ4n) is 5.20. The summed E-state index contributed by atoms with van der Waals surface area (Å²) in [6, 6.07) is 11.9. The summed E-state index contributed by atoms with van der Waals surface area (Å²) >= 11 is 0. The Morgan fingerprint density at radius 3 is 2.24 bits per heavy atom. The Morgan fingerprint density at radius 1 is 0.882 bits per heavy atom. The van der Waals surface area contributed by atoms with E-state index < -0.39 is 0 Å². The summed E-state index contributed by atoms with van der Waals surface area (Å²) < 4.78 is 25.4. The van der Waals surface area contributed by atoms with Crippen LogP contribution in [0.25, 0.3) is 0 Å². The topological polar surface area (TPSA) is 64.6 Å². The van der Waals surface area contributed by atoms with Crippen molar-refractivity contribution in [2.45, 2.75) is 58.0 Å². The highest BCUT2D eigenvalue weighted by molar-refractivity contribution is 6.06. The number of carbonyl (C=O) groups is 2. The van der Waals surface area contributed by atoms with Crippen molar-refractivity contribution < 1.29 is 23.5 Å². The standard InChI is InChI=1S/C28H28FNO4/c1-2-33-25-15-18(12-13-24(25)34-16-17-6-3-7-19(29)14-17)26-27-20(8-4-10-22(27)31)30-21-9-5-11-23(32)28(21)26/h3,6-7,12-15,26,30H,2,4-5,8-11,16H2,1H3. The third-order valence-corrected chi connectivity index (χ3v) is 6.68. The molecule has 0 radical (unpaired) electrons. The van der Waals surface area contributed by atoms with Crippen molar-refractivity contribution in [3.8, 4) is 11.5 Å². The molecule has 5 nitrogen and oxygen atoms in total. The molecular weight excluding hydrogens is 433 g/mol. The van der Waals surface area contributed by atoms with E-state index in [1.807, 2.05) is 25.1 Å². The van der Waals surface area contributed by atoms with Gasteiger partial charge in [0.2, 0.25) is 0 Å². The number of ether oxygens (including phenoxy) is 2. The monoisotopic (exact) mass is 461 g/mol. The van der Waals surface area contributed by atoms with E-state index in [-0.39, 0.29) is 29.9 Å². The zero-order chi connectivity index (χ0) is 23.7. The van der Waals surface area contributed by atoms with Gasteiger partial charge in [0, 0.05) is 41.3 Å². The molecule has 0 bridgehead atoms. The normalized spacial score (nSPS) is 18.4. The molecule has 0 unspecified atom stereocenters. The van der Waals surface area contributed by atoms with Gasteiger partial charge in [0.15, 0.2) is 23.1 Å². The van der Waals surface area contributed by atoms with Crippen molar-refractivity contribution in [3.63, 3.8) is 0 Å². The smallest absolute Gasteiger partial charge is 0.161 e. The van der Waals surface area contributed by atoms with Crippen LogP contribution in [-0.2, 0) is 16.2 Å². The maximum atomic E-state index is 13.5. The van der Waals surface area contributed by atoms with Gasteiger partial charge in [-0.3, -0.25) is 9.59 Å². The average molecular weight is 462 g/mol. The molecule has 1 N–H and O–H groups in total. The number of ketones is 2. The molecule has 5 rings (SSSR count). The van der Waals surface area contributed by atoms with Crippen molar-refractivity contribution in [2.24, 2.45) is 0 Å². The molecule has 1 aliphatic heterocycles. The van der Waals surface area contributed by atoms with E-state index in [4.69, 9.17) is 9.47 Å². The molecule has 6 heteroatoms. The first kappa shape index (κ1) is 22.4. The van der Waals surface area contributed by atoms with Gasteiger partial charge < -0.3 is 14.8 Å². The first-order chi connectivity index (χ1) is 16.5. The average Bonchev–Trinajstić information content (AvgIpc) is 2.83. The van der Waals surface area contributed by atoms with E-state index in [1.165, 1.54) is 12.1 Å². The molecule has 0 saturated heterocycles. The quantitative estimate of drug-likeness (QED) is 0.615. The zero-order valence-electron chi connectivity index (χ0n) is 19.3. The first-order valence-corrected chi connectivity index (χ1v) is 12.0. The third kappa shape index (κ3) is 4.25. The van der Waals surface area contributed by atoms with Crippen LogP contribution in [0.4, 0.5) is 4.39 Å². The van der Waals surface area contributed by atoms with Crippen LogP contribution in [-0.4, -0.2) is 18.2 Å². The summed E-state index contributed by atoms with van der Waals surface area (Å²) in [6.45, 7) is 2.53. The zero-order valence-corrected chi connectivity index (χ0v) is 19.3. The van der Waals surface area contributed by atoms with Crippen molar-refractivity contribution in [3.05, 3.63) is 81.9 Å². The first-order valence-electron chi connectivity index (χ1n) is 12.0. The lowest BCUT2D eigenvalue weighted by Gasteiger charge is -2.37. The number of carbonyl (C=O) groups excluding carboxylic acids is 2. The van der Waals surface area contributed by atoms with Gasteiger partial charge in [0.05, 0.1) is 6.61 Å². The van der Waals surface area contributed by atoms with Gasteiger partial charge in [-0.15, -0.1) is 0 Å². The van der Waals surface area contributed by atoms with Crippen molar-refractivity contribution in [1.82, 2.24) is 5.32 Å². The Morgan fingerprint density at radius 2 is 1.59 bits per heavy atom. The van der Waals surface area contributed by atoms with Gasteiger partial charge in [-0.1, -0.05) is 18.2 Å². The van der Waals surface area contributed by atoms with Crippen LogP contribution in [0.3, 0.4) is 0 Å². The number of hydrogen-bond donors (Lipinski definition) is 1. The van der Waals surface area contributed by atoms with Crippen molar-refractivity contribution in [2.75, 3.05) is 6.61 Å². The van der Waals surface area contributed by atoms with Crippen LogP contribution in [0.1, 0.15) is 62.5 Å². The fourth-order valence-corrected chi connectivity index (χ4v) is 5.20. The van der Waals surface area contributed by atoms with E-state index >= 15 is 0 Å². The summed E-state index contributed by atoms with van der Waals surface area (Å²) in [7, 11) is 0. The Balaban J connectivity index is 1.53. The molecule has 2 aliphatic carbocycles. The summed E-state index contributed by atoms with van der Waals surface area (Å²) in [5.74, 6) is 0.599. The Labute approximate surface area is 198 Å². The largest absolute Gasteiger partial charge is 0.490 e. The van der Waals surface area contributed by atoms with Crippen LogP contribution in [0.5, 0.6) is 11.5 Å². The Hall–Kier alpha value is -3.41. The van der Waals surface area contributed by atoms with Gasteiger partial charge in [0.1, 0.15) is 12.4 Å². The number of Topliss-reactive ketones (excluding diaryl/α,β-unsaturated/α-hetero) is 2. The minimum absolute atomic E-state index is 0.105. The number of rotatable bonds is 6. The second kappa shape index (κ2) is 9.45. The molecule has 0 fully saturated rings. The van der Waals surface area contributed by atoms with Crippen molar-refractivity contribution >= 4 is 11.6 Å². The van der Waals surface area contributed by atoms with E-state index in [2.05, 4.69) is 5.32 Å². The molecule has 0 aromatic heterocycles. The highest BCUT2D eigenvalue weighted by atomic mass is 19.1. The predicted molar refractivity (Wildman–Crippen MR) is 126 cm³/mol. The lowest BCUT2D eigenvalue weighted by molar-refractivity contribution is -0.117. The number of dihydropyridines is 1. The molecule has 3 aliphatic rings. The number of allylic oxidation sites excluding steroid dienone is 4. The molecule has 0 saturated carbocycles. The van der Waals surface area contributed by atoms with Gasteiger partial charge in [-0.25, -0.2) is 4.39 Å². The summed E-state index contributed by atoms with van der Waals surface area (Å²) in [5, 5.41) is 3.44. The second-order valence-corrected chi connectivity index (χ2v) is 8.95. The number of hydrogen-bond acceptors (Lipinski definition) is 5. The molecule has 0 spiro atoms. The summed E-state index contributed by atoms with van der Waals surface area (Å²) in [4.78, 5) is 26.1. The summed E-state index contributed by atoms with van der Waals surface area (Å²) in [6.07, 6.45) is 4.28. The maximum Gasteiger partial charge on any atom is 0.161 e.